The van der Waals surface area contributed by atoms with E-state index < -0.39 is 22.5 Å². The van der Waals surface area contributed by atoms with Crippen molar-refractivity contribution < 1.29 is 24.0 Å². The summed E-state index contributed by atoms with van der Waals surface area (Å²) in [6, 6.07) is 7.62. The summed E-state index contributed by atoms with van der Waals surface area (Å²) in [7, 11) is 1.11. The van der Waals surface area contributed by atoms with Crippen LogP contribution in [0.5, 0.6) is 0 Å². The lowest BCUT2D eigenvalue weighted by Gasteiger charge is -2.07. The molecule has 0 atom stereocenters. The van der Waals surface area contributed by atoms with E-state index in [1.807, 2.05) is 0 Å². The average molecular weight is 462 g/mol. The first-order valence-electron chi connectivity index (χ1n) is 8.01. The number of non-ortho nitro benzene ring substituents is 1. The molecule has 11 heteroatoms. The van der Waals surface area contributed by atoms with Gasteiger partial charge in [0.1, 0.15) is 12.3 Å². The zero-order valence-corrected chi connectivity index (χ0v) is 16.4. The van der Waals surface area contributed by atoms with Gasteiger partial charge >= 0.3 is 11.9 Å². The standard InChI is InChI=1S/C18H12BrN3O7/c1-28-17(24)10-4-11(6-14(5-10)22(26)27)18(25)29-9-13-7-16(23)21-8-12(19)2-3-15(21)20-13/h2-8H,9H2,1H3. The van der Waals surface area contributed by atoms with Crippen LogP contribution in [0.3, 0.4) is 0 Å². The second-order valence-electron chi connectivity index (χ2n) is 5.75. The van der Waals surface area contributed by atoms with Gasteiger partial charge in [-0.15, -0.1) is 0 Å². The molecule has 0 saturated heterocycles. The average Bonchev–Trinajstić information content (AvgIpc) is 2.71. The molecule has 2 heterocycles. The van der Waals surface area contributed by atoms with E-state index in [0.29, 0.717) is 10.1 Å². The number of carbonyl (C=O) groups excluding carboxylic acids is 2. The molecule has 0 fully saturated rings. The number of methoxy groups -OCH3 is 1. The molecule has 148 valence electrons. The molecule has 0 amide bonds. The van der Waals surface area contributed by atoms with Crippen molar-refractivity contribution in [2.75, 3.05) is 7.11 Å². The number of nitrogens with zero attached hydrogens (tertiary/aromatic N) is 3. The molecular formula is C18H12BrN3O7. The van der Waals surface area contributed by atoms with Gasteiger partial charge < -0.3 is 9.47 Å². The number of hydrogen-bond acceptors (Lipinski definition) is 8. The number of pyridine rings is 1. The maximum absolute atomic E-state index is 12.3. The minimum atomic E-state index is -0.920. The highest BCUT2D eigenvalue weighted by atomic mass is 79.9. The summed E-state index contributed by atoms with van der Waals surface area (Å²) in [5.41, 5.74) is -0.653. The summed E-state index contributed by atoms with van der Waals surface area (Å²) >= 11 is 3.26. The first kappa shape index (κ1) is 20.1. The molecular weight excluding hydrogens is 450 g/mol. The molecule has 0 bridgehead atoms. The topological polar surface area (TPSA) is 130 Å². The Balaban J connectivity index is 1.85. The third kappa shape index (κ3) is 4.46. The minimum Gasteiger partial charge on any atom is -0.465 e. The monoisotopic (exact) mass is 461 g/mol. The van der Waals surface area contributed by atoms with Crippen molar-refractivity contribution in [3.63, 3.8) is 0 Å². The summed E-state index contributed by atoms with van der Waals surface area (Å²) in [6.07, 6.45) is 1.55. The lowest BCUT2D eigenvalue weighted by atomic mass is 10.1. The number of fused-ring (bicyclic) bond motifs is 1. The van der Waals surface area contributed by atoms with Gasteiger partial charge in [-0.1, -0.05) is 0 Å². The zero-order chi connectivity index (χ0) is 21.1. The SMILES string of the molecule is COC(=O)c1cc(C(=O)OCc2cc(=O)n3cc(Br)ccc3n2)cc([N+](=O)[O-])c1. The van der Waals surface area contributed by atoms with E-state index >= 15 is 0 Å². The number of esters is 2. The number of rotatable bonds is 5. The molecule has 1 aromatic carbocycles. The summed E-state index contributed by atoms with van der Waals surface area (Å²) < 4.78 is 11.7. The van der Waals surface area contributed by atoms with E-state index in [4.69, 9.17) is 4.74 Å². The fraction of sp³-hybridized carbons (Fsp3) is 0.111. The molecule has 29 heavy (non-hydrogen) atoms. The molecule has 0 aliphatic carbocycles. The Labute approximate surface area is 171 Å². The van der Waals surface area contributed by atoms with Crippen molar-refractivity contribution in [1.29, 1.82) is 0 Å². The second-order valence-corrected chi connectivity index (χ2v) is 6.67. The van der Waals surface area contributed by atoms with Gasteiger partial charge in [0.2, 0.25) is 0 Å². The largest absolute Gasteiger partial charge is 0.465 e. The summed E-state index contributed by atoms with van der Waals surface area (Å²) in [5, 5.41) is 11.1. The molecule has 0 spiro atoms. The molecule has 2 aromatic heterocycles. The first-order valence-corrected chi connectivity index (χ1v) is 8.80. The van der Waals surface area contributed by atoms with Gasteiger partial charge in [0.25, 0.3) is 11.2 Å². The van der Waals surface area contributed by atoms with E-state index in [2.05, 4.69) is 25.7 Å². The number of carbonyl (C=O) groups is 2. The Bertz CT molecular complexity index is 1210. The van der Waals surface area contributed by atoms with Crippen LogP contribution in [0.25, 0.3) is 5.65 Å². The van der Waals surface area contributed by atoms with E-state index in [1.54, 1.807) is 18.3 Å². The van der Waals surface area contributed by atoms with Crippen LogP contribution >= 0.6 is 15.9 Å². The predicted octanol–water partition coefficient (Wildman–Crippen LogP) is 2.51. The third-order valence-electron chi connectivity index (χ3n) is 3.81. The molecule has 0 aliphatic heterocycles. The summed E-state index contributed by atoms with van der Waals surface area (Å²) in [4.78, 5) is 50.7. The molecule has 0 saturated carbocycles. The highest BCUT2D eigenvalue weighted by molar-refractivity contribution is 9.10. The Morgan fingerprint density at radius 1 is 1.17 bits per heavy atom. The Kier molecular flexibility index (Phi) is 5.69. The summed E-state index contributed by atoms with van der Waals surface area (Å²) in [6.45, 7) is -0.336. The van der Waals surface area contributed by atoms with E-state index in [-0.39, 0.29) is 29.0 Å². The number of aromatic nitrogens is 2. The van der Waals surface area contributed by atoms with Gasteiger partial charge in [0.15, 0.2) is 0 Å². The maximum atomic E-state index is 12.3. The van der Waals surface area contributed by atoms with Crippen molar-refractivity contribution in [3.8, 4) is 0 Å². The quantitative estimate of drug-likeness (QED) is 0.321. The Morgan fingerprint density at radius 3 is 2.52 bits per heavy atom. The second kappa shape index (κ2) is 8.19. The number of halogens is 1. The van der Waals surface area contributed by atoms with Gasteiger partial charge in [-0.05, 0) is 34.1 Å². The van der Waals surface area contributed by atoms with Crippen LogP contribution in [0.1, 0.15) is 26.4 Å². The number of nitro benzene ring substituents is 1. The lowest BCUT2D eigenvalue weighted by Crippen LogP contribution is -2.16. The van der Waals surface area contributed by atoms with Gasteiger partial charge in [0.05, 0.1) is 28.9 Å². The number of hydrogen-bond donors (Lipinski definition) is 0. The Hall–Kier alpha value is -3.60. The van der Waals surface area contributed by atoms with Crippen LogP contribution < -0.4 is 5.56 Å². The smallest absolute Gasteiger partial charge is 0.338 e. The maximum Gasteiger partial charge on any atom is 0.338 e. The predicted molar refractivity (Wildman–Crippen MR) is 103 cm³/mol. The van der Waals surface area contributed by atoms with Crippen LogP contribution in [-0.2, 0) is 16.1 Å². The zero-order valence-electron chi connectivity index (χ0n) is 14.8. The Morgan fingerprint density at radius 2 is 1.86 bits per heavy atom. The van der Waals surface area contributed by atoms with Crippen LogP contribution in [0.4, 0.5) is 5.69 Å². The highest BCUT2D eigenvalue weighted by Gasteiger charge is 2.19. The number of benzene rings is 1. The van der Waals surface area contributed by atoms with E-state index in [1.165, 1.54) is 10.5 Å². The van der Waals surface area contributed by atoms with Crippen LogP contribution in [0, 0.1) is 10.1 Å². The highest BCUT2D eigenvalue weighted by Crippen LogP contribution is 2.19. The molecule has 0 aliphatic rings. The fourth-order valence-corrected chi connectivity index (χ4v) is 2.83. The first-order chi connectivity index (χ1) is 13.8. The van der Waals surface area contributed by atoms with Crippen molar-refractivity contribution in [1.82, 2.24) is 9.38 Å². The molecule has 3 rings (SSSR count). The van der Waals surface area contributed by atoms with Crippen molar-refractivity contribution >= 4 is 39.2 Å². The van der Waals surface area contributed by atoms with Crippen molar-refractivity contribution in [2.45, 2.75) is 6.61 Å². The van der Waals surface area contributed by atoms with Crippen molar-refractivity contribution in [3.05, 3.63) is 84.4 Å². The van der Waals surface area contributed by atoms with Gasteiger partial charge in [0, 0.05) is 28.9 Å². The van der Waals surface area contributed by atoms with Gasteiger partial charge in [-0.3, -0.25) is 19.3 Å². The summed E-state index contributed by atoms with van der Waals surface area (Å²) in [5.74, 6) is -1.75. The molecule has 0 unspecified atom stereocenters. The number of ether oxygens (including phenoxy) is 2. The molecule has 0 radical (unpaired) electrons. The number of nitro groups is 1. The van der Waals surface area contributed by atoms with Crippen LogP contribution in [0.2, 0.25) is 0 Å². The third-order valence-corrected chi connectivity index (χ3v) is 4.28. The van der Waals surface area contributed by atoms with Crippen LogP contribution in [0.15, 0.2) is 51.9 Å². The van der Waals surface area contributed by atoms with Crippen LogP contribution in [-0.4, -0.2) is 33.4 Å². The lowest BCUT2D eigenvalue weighted by molar-refractivity contribution is -0.384. The fourth-order valence-electron chi connectivity index (χ4n) is 2.49. The van der Waals surface area contributed by atoms with Crippen molar-refractivity contribution in [2.24, 2.45) is 0 Å². The van der Waals surface area contributed by atoms with E-state index in [9.17, 15) is 24.5 Å². The van der Waals surface area contributed by atoms with Gasteiger partial charge in [-0.25, -0.2) is 14.6 Å². The van der Waals surface area contributed by atoms with Gasteiger partial charge in [-0.2, -0.15) is 0 Å². The molecule has 0 N–H and O–H groups in total. The minimum absolute atomic E-state index is 0.165. The molecule has 10 nitrogen and oxygen atoms in total. The van der Waals surface area contributed by atoms with E-state index in [0.717, 1.165) is 25.3 Å². The molecule has 3 aromatic rings. The normalized spacial score (nSPS) is 10.6.